The van der Waals surface area contributed by atoms with Crippen LogP contribution in [0.4, 0.5) is 0 Å². The zero-order chi connectivity index (χ0) is 14.1. The van der Waals surface area contributed by atoms with Crippen LogP contribution in [0, 0.1) is 0 Å². The minimum Gasteiger partial charge on any atom is -0.364 e. The van der Waals surface area contributed by atoms with Crippen LogP contribution in [-0.4, -0.2) is 21.7 Å². The van der Waals surface area contributed by atoms with E-state index in [1.807, 2.05) is 18.2 Å². The van der Waals surface area contributed by atoms with Crippen LogP contribution in [0.3, 0.4) is 0 Å². The van der Waals surface area contributed by atoms with E-state index in [4.69, 9.17) is 17.3 Å². The topological polar surface area (TPSA) is 72.9 Å². The van der Waals surface area contributed by atoms with E-state index in [-0.39, 0.29) is 5.69 Å². The predicted octanol–water partition coefficient (Wildman–Crippen LogP) is 1.88. The van der Waals surface area contributed by atoms with Crippen LogP contribution in [0.25, 0.3) is 5.69 Å². The predicted molar refractivity (Wildman–Crippen MR) is 77.0 cm³/mol. The van der Waals surface area contributed by atoms with Gasteiger partial charge in [-0.2, -0.15) is 5.10 Å². The first-order chi connectivity index (χ1) is 9.65. The van der Waals surface area contributed by atoms with Crippen LogP contribution in [0.5, 0.6) is 0 Å². The quantitative estimate of drug-likeness (QED) is 0.883. The smallest absolute Gasteiger partial charge is 0.269 e. The maximum absolute atomic E-state index is 11.1. The number of rotatable bonds is 5. The second kappa shape index (κ2) is 5.26. The van der Waals surface area contributed by atoms with E-state index in [1.54, 1.807) is 16.9 Å². The summed E-state index contributed by atoms with van der Waals surface area (Å²) in [6.45, 7) is 0.686. The fourth-order valence-corrected chi connectivity index (χ4v) is 2.30. The highest BCUT2D eigenvalue weighted by Gasteiger charge is 2.21. The summed E-state index contributed by atoms with van der Waals surface area (Å²) in [5.74, 6) is -0.538. The fourth-order valence-electron chi connectivity index (χ4n) is 2.06. The molecule has 5 nitrogen and oxygen atoms in total. The van der Waals surface area contributed by atoms with Gasteiger partial charge in [-0.3, -0.25) is 4.79 Å². The monoisotopic (exact) mass is 290 g/mol. The van der Waals surface area contributed by atoms with Crippen LogP contribution in [0.2, 0.25) is 5.02 Å². The Bertz CT molecular complexity index is 648. The van der Waals surface area contributed by atoms with Crippen molar-refractivity contribution in [3.05, 3.63) is 46.7 Å². The van der Waals surface area contributed by atoms with E-state index in [0.29, 0.717) is 17.6 Å². The van der Waals surface area contributed by atoms with Gasteiger partial charge in [0.15, 0.2) is 0 Å². The van der Waals surface area contributed by atoms with Gasteiger partial charge in [-0.1, -0.05) is 17.7 Å². The van der Waals surface area contributed by atoms with Crippen molar-refractivity contribution >= 4 is 17.5 Å². The normalized spacial score (nSPS) is 14.4. The number of carbonyl (C=O) groups is 1. The lowest BCUT2D eigenvalue weighted by molar-refractivity contribution is 0.0995. The van der Waals surface area contributed by atoms with E-state index in [1.165, 1.54) is 12.8 Å². The molecule has 1 amide bonds. The molecule has 1 saturated carbocycles. The van der Waals surface area contributed by atoms with Gasteiger partial charge in [-0.05, 0) is 31.0 Å². The number of nitrogens with zero attached hydrogens (tertiary/aromatic N) is 2. The first-order valence-electron chi connectivity index (χ1n) is 6.52. The number of aromatic nitrogens is 2. The molecule has 1 aliphatic carbocycles. The summed E-state index contributed by atoms with van der Waals surface area (Å²) in [4.78, 5) is 11.1. The van der Waals surface area contributed by atoms with Gasteiger partial charge in [0.25, 0.3) is 5.91 Å². The standard InChI is InChI=1S/C14H15ClN4O/c15-11-2-1-3-13(10(11)8-17-9-4-5-9)19-7-6-12(18-19)14(16)20/h1-3,6-7,9,17H,4-5,8H2,(H2,16,20). The van der Waals surface area contributed by atoms with Gasteiger partial charge in [0, 0.05) is 29.4 Å². The van der Waals surface area contributed by atoms with Crippen LogP contribution in [0.1, 0.15) is 28.9 Å². The van der Waals surface area contributed by atoms with Gasteiger partial charge in [0.1, 0.15) is 5.69 Å². The number of nitrogens with two attached hydrogens (primary N) is 1. The summed E-state index contributed by atoms with van der Waals surface area (Å²) >= 11 is 6.28. The number of carbonyl (C=O) groups excluding carboxylic acids is 1. The van der Waals surface area contributed by atoms with Gasteiger partial charge in [0.05, 0.1) is 5.69 Å². The third-order valence-corrected chi connectivity index (χ3v) is 3.68. The molecular formula is C14H15ClN4O. The van der Waals surface area contributed by atoms with E-state index in [9.17, 15) is 4.79 Å². The van der Waals surface area contributed by atoms with Crippen molar-refractivity contribution < 1.29 is 4.79 Å². The van der Waals surface area contributed by atoms with Crippen molar-refractivity contribution in [2.45, 2.75) is 25.4 Å². The molecule has 0 spiro atoms. The molecule has 0 aliphatic heterocycles. The minimum absolute atomic E-state index is 0.242. The number of hydrogen-bond acceptors (Lipinski definition) is 3. The van der Waals surface area contributed by atoms with E-state index >= 15 is 0 Å². The van der Waals surface area contributed by atoms with Crippen molar-refractivity contribution in [1.29, 1.82) is 0 Å². The zero-order valence-electron chi connectivity index (χ0n) is 10.8. The number of halogens is 1. The average molecular weight is 291 g/mol. The second-order valence-electron chi connectivity index (χ2n) is 4.90. The molecule has 1 heterocycles. The lowest BCUT2D eigenvalue weighted by atomic mass is 10.1. The Kier molecular flexibility index (Phi) is 3.46. The Morgan fingerprint density at radius 3 is 2.90 bits per heavy atom. The molecule has 104 valence electrons. The largest absolute Gasteiger partial charge is 0.364 e. The van der Waals surface area contributed by atoms with Crippen LogP contribution >= 0.6 is 11.6 Å². The van der Waals surface area contributed by atoms with Gasteiger partial charge in [0.2, 0.25) is 0 Å². The number of primary amides is 1. The molecule has 6 heteroatoms. The molecule has 0 saturated heterocycles. The van der Waals surface area contributed by atoms with Crippen LogP contribution in [0.15, 0.2) is 30.5 Å². The Morgan fingerprint density at radius 1 is 1.45 bits per heavy atom. The van der Waals surface area contributed by atoms with Crippen molar-refractivity contribution in [3.63, 3.8) is 0 Å². The molecule has 1 aromatic heterocycles. The maximum Gasteiger partial charge on any atom is 0.269 e. The highest BCUT2D eigenvalue weighted by atomic mass is 35.5. The number of amides is 1. The van der Waals surface area contributed by atoms with Crippen LogP contribution in [-0.2, 0) is 6.54 Å². The fraction of sp³-hybridized carbons (Fsp3) is 0.286. The lowest BCUT2D eigenvalue weighted by Crippen LogP contribution is -2.17. The lowest BCUT2D eigenvalue weighted by Gasteiger charge is -2.12. The maximum atomic E-state index is 11.1. The summed E-state index contributed by atoms with van der Waals surface area (Å²) in [6.07, 6.45) is 4.15. The van der Waals surface area contributed by atoms with E-state index in [0.717, 1.165) is 11.3 Å². The van der Waals surface area contributed by atoms with Crippen molar-refractivity contribution in [3.8, 4) is 5.69 Å². The van der Waals surface area contributed by atoms with Gasteiger partial charge in [-0.15, -0.1) is 0 Å². The zero-order valence-corrected chi connectivity index (χ0v) is 11.6. The summed E-state index contributed by atoms with van der Waals surface area (Å²) in [5.41, 5.74) is 7.30. The molecule has 1 aromatic carbocycles. The molecule has 3 rings (SSSR count). The summed E-state index contributed by atoms with van der Waals surface area (Å²) in [6, 6.07) is 7.84. The number of hydrogen-bond donors (Lipinski definition) is 2. The highest BCUT2D eigenvalue weighted by molar-refractivity contribution is 6.31. The molecule has 0 atom stereocenters. The Hall–Kier alpha value is -1.85. The molecule has 0 radical (unpaired) electrons. The Balaban J connectivity index is 1.93. The summed E-state index contributed by atoms with van der Waals surface area (Å²) < 4.78 is 1.63. The van der Waals surface area contributed by atoms with Crippen molar-refractivity contribution in [1.82, 2.24) is 15.1 Å². The van der Waals surface area contributed by atoms with Crippen LogP contribution < -0.4 is 11.1 Å². The molecule has 0 bridgehead atoms. The molecule has 1 fully saturated rings. The highest BCUT2D eigenvalue weighted by Crippen LogP contribution is 2.25. The molecule has 2 aromatic rings. The van der Waals surface area contributed by atoms with Gasteiger partial charge < -0.3 is 11.1 Å². The van der Waals surface area contributed by atoms with Crippen molar-refractivity contribution in [2.75, 3.05) is 0 Å². The second-order valence-corrected chi connectivity index (χ2v) is 5.31. The number of benzene rings is 1. The first kappa shape index (κ1) is 13.1. The number of nitrogens with one attached hydrogen (secondary N) is 1. The third kappa shape index (κ3) is 2.69. The molecular weight excluding hydrogens is 276 g/mol. The Morgan fingerprint density at radius 2 is 2.25 bits per heavy atom. The molecule has 1 aliphatic rings. The summed E-state index contributed by atoms with van der Waals surface area (Å²) in [5, 5.41) is 8.30. The summed E-state index contributed by atoms with van der Waals surface area (Å²) in [7, 11) is 0. The van der Waals surface area contributed by atoms with E-state index < -0.39 is 5.91 Å². The molecule has 3 N–H and O–H groups in total. The van der Waals surface area contributed by atoms with E-state index in [2.05, 4.69) is 10.4 Å². The minimum atomic E-state index is -0.538. The van der Waals surface area contributed by atoms with Gasteiger partial charge >= 0.3 is 0 Å². The molecule has 20 heavy (non-hydrogen) atoms. The Labute approximate surface area is 121 Å². The first-order valence-corrected chi connectivity index (χ1v) is 6.89. The van der Waals surface area contributed by atoms with Crippen molar-refractivity contribution in [2.24, 2.45) is 5.73 Å². The third-order valence-electron chi connectivity index (χ3n) is 3.33. The average Bonchev–Trinajstić information content (AvgIpc) is 3.11. The SMILES string of the molecule is NC(=O)c1ccn(-c2cccc(Cl)c2CNC2CC2)n1. The van der Waals surface area contributed by atoms with Gasteiger partial charge in [-0.25, -0.2) is 4.68 Å². The molecule has 0 unspecified atom stereocenters.